The van der Waals surface area contributed by atoms with Crippen molar-refractivity contribution in [2.45, 2.75) is 20.4 Å². The number of aromatic nitrogens is 1. The largest absolute Gasteiger partial charge is 0.342 e. The maximum Gasteiger partial charge on any atom is 0.266 e. The van der Waals surface area contributed by atoms with Crippen molar-refractivity contribution in [3.8, 4) is 0 Å². The number of hydrogen-bond donors (Lipinski definition) is 0. The fourth-order valence-electron chi connectivity index (χ4n) is 3.46. The molecule has 0 N–H and O–H groups in total. The molecule has 5 heteroatoms. The van der Waals surface area contributed by atoms with Crippen LogP contribution in [0.25, 0.3) is 17.0 Å². The van der Waals surface area contributed by atoms with Crippen molar-refractivity contribution < 1.29 is 4.79 Å². The molecule has 1 aromatic heterocycles. The summed E-state index contributed by atoms with van der Waals surface area (Å²) < 4.78 is 2.89. The first kappa shape index (κ1) is 19.0. The zero-order valence-corrected chi connectivity index (χ0v) is 17.6. The van der Waals surface area contributed by atoms with Gasteiger partial charge >= 0.3 is 0 Å². The third-order valence-electron chi connectivity index (χ3n) is 4.72. The summed E-state index contributed by atoms with van der Waals surface area (Å²) in [5, 5.41) is 1.15. The molecule has 0 atom stereocenters. The fraction of sp³-hybridized carbons (Fsp3) is 0.217. The molecule has 0 saturated carbocycles. The lowest BCUT2D eigenvalue weighted by Crippen LogP contribution is -2.31. The van der Waals surface area contributed by atoms with Crippen molar-refractivity contribution in [1.29, 1.82) is 0 Å². The van der Waals surface area contributed by atoms with Gasteiger partial charge in [-0.25, -0.2) is 0 Å². The predicted octanol–water partition coefficient (Wildman–Crippen LogP) is 5.55. The molecule has 3 aromatic rings. The molecular weight excluding hydrogens is 384 g/mol. The predicted molar refractivity (Wildman–Crippen MR) is 122 cm³/mol. The van der Waals surface area contributed by atoms with Crippen LogP contribution in [0.3, 0.4) is 0 Å². The molecule has 3 nitrogen and oxygen atoms in total. The second-order valence-corrected chi connectivity index (χ2v) is 9.08. The van der Waals surface area contributed by atoms with E-state index in [1.807, 2.05) is 18.2 Å². The van der Waals surface area contributed by atoms with Crippen molar-refractivity contribution in [2.24, 2.45) is 5.92 Å². The van der Waals surface area contributed by atoms with Crippen molar-refractivity contribution in [1.82, 2.24) is 9.47 Å². The highest BCUT2D eigenvalue weighted by molar-refractivity contribution is 8.26. The van der Waals surface area contributed by atoms with Gasteiger partial charge in [-0.15, -0.1) is 0 Å². The van der Waals surface area contributed by atoms with Gasteiger partial charge in [-0.3, -0.25) is 9.69 Å². The number of thiocarbonyl (C=S) groups is 1. The van der Waals surface area contributed by atoms with Gasteiger partial charge in [-0.1, -0.05) is 86.4 Å². The zero-order valence-electron chi connectivity index (χ0n) is 16.0. The number of hydrogen-bond acceptors (Lipinski definition) is 3. The van der Waals surface area contributed by atoms with Crippen molar-refractivity contribution >= 4 is 51.2 Å². The average Bonchev–Trinajstić information content (AvgIpc) is 3.15. The van der Waals surface area contributed by atoms with E-state index in [-0.39, 0.29) is 5.91 Å². The van der Waals surface area contributed by atoms with Gasteiger partial charge in [0, 0.05) is 35.8 Å². The molecule has 0 bridgehead atoms. The maximum absolute atomic E-state index is 12.8. The molecule has 0 aliphatic carbocycles. The van der Waals surface area contributed by atoms with Gasteiger partial charge in [0.25, 0.3) is 5.91 Å². The highest BCUT2D eigenvalue weighted by Gasteiger charge is 2.32. The number of thioether (sulfide) groups is 1. The van der Waals surface area contributed by atoms with Crippen LogP contribution >= 0.6 is 24.0 Å². The lowest BCUT2D eigenvalue weighted by atomic mass is 10.1. The topological polar surface area (TPSA) is 25.2 Å². The average molecular weight is 407 g/mol. The third-order valence-corrected chi connectivity index (χ3v) is 6.10. The number of amides is 1. The van der Waals surface area contributed by atoms with E-state index in [1.54, 1.807) is 4.90 Å². The summed E-state index contributed by atoms with van der Waals surface area (Å²) in [7, 11) is 0. The molecule has 1 aliphatic heterocycles. The highest BCUT2D eigenvalue weighted by atomic mass is 32.2. The van der Waals surface area contributed by atoms with Crippen molar-refractivity contribution in [2.75, 3.05) is 6.54 Å². The van der Waals surface area contributed by atoms with Crippen LogP contribution in [0.15, 0.2) is 65.7 Å². The molecule has 2 heterocycles. The van der Waals surface area contributed by atoms with Gasteiger partial charge in [-0.2, -0.15) is 0 Å². The summed E-state index contributed by atoms with van der Waals surface area (Å²) in [6.07, 6.45) is 4.12. The van der Waals surface area contributed by atoms with Crippen LogP contribution < -0.4 is 0 Å². The van der Waals surface area contributed by atoms with E-state index >= 15 is 0 Å². The second-order valence-electron chi connectivity index (χ2n) is 7.40. The third kappa shape index (κ3) is 3.77. The van der Waals surface area contributed by atoms with Crippen LogP contribution in [0.5, 0.6) is 0 Å². The number of carbonyl (C=O) groups is 1. The highest BCUT2D eigenvalue weighted by Crippen LogP contribution is 2.34. The number of rotatable bonds is 5. The number of nitrogens with zero attached hydrogens (tertiary/aromatic N) is 2. The van der Waals surface area contributed by atoms with E-state index in [0.717, 1.165) is 23.0 Å². The SMILES string of the molecule is CC(C)CN1C(=O)C(=Cc2cn(Cc3ccccc3)c3ccccc23)SC1=S. The van der Waals surface area contributed by atoms with Crippen LogP contribution in [0, 0.1) is 5.92 Å². The van der Waals surface area contributed by atoms with Gasteiger partial charge in [0.05, 0.1) is 4.91 Å². The minimum Gasteiger partial charge on any atom is -0.342 e. The Morgan fingerprint density at radius 2 is 1.79 bits per heavy atom. The smallest absolute Gasteiger partial charge is 0.266 e. The van der Waals surface area contributed by atoms with Crippen molar-refractivity contribution in [3.05, 3.63) is 76.8 Å². The lowest BCUT2D eigenvalue weighted by molar-refractivity contribution is -0.122. The maximum atomic E-state index is 12.8. The Hall–Kier alpha value is -2.37. The molecule has 142 valence electrons. The summed E-state index contributed by atoms with van der Waals surface area (Å²) in [6.45, 7) is 5.65. The molecule has 0 unspecified atom stereocenters. The Morgan fingerprint density at radius 3 is 2.54 bits per heavy atom. The first-order valence-corrected chi connectivity index (χ1v) is 10.6. The van der Waals surface area contributed by atoms with Crippen LogP contribution in [0.2, 0.25) is 0 Å². The van der Waals surface area contributed by atoms with Gasteiger partial charge in [-0.05, 0) is 23.6 Å². The number of carbonyl (C=O) groups excluding carboxylic acids is 1. The fourth-order valence-corrected chi connectivity index (χ4v) is 4.73. The normalized spacial score (nSPS) is 16.1. The summed E-state index contributed by atoms with van der Waals surface area (Å²) >= 11 is 6.84. The van der Waals surface area contributed by atoms with Gasteiger partial charge in [0.1, 0.15) is 4.32 Å². The lowest BCUT2D eigenvalue weighted by Gasteiger charge is -2.16. The van der Waals surface area contributed by atoms with Crippen molar-refractivity contribution in [3.63, 3.8) is 0 Å². The molecule has 1 saturated heterocycles. The molecular formula is C23H22N2OS2. The number of fused-ring (bicyclic) bond motifs is 1. The molecule has 28 heavy (non-hydrogen) atoms. The van der Waals surface area contributed by atoms with Crippen LogP contribution in [-0.2, 0) is 11.3 Å². The Bertz CT molecular complexity index is 1070. The zero-order chi connectivity index (χ0) is 19.7. The van der Waals surface area contributed by atoms with E-state index < -0.39 is 0 Å². The molecule has 4 rings (SSSR count). The Balaban J connectivity index is 1.71. The number of benzene rings is 2. The minimum absolute atomic E-state index is 0.0172. The Kier molecular flexibility index (Phi) is 5.38. The number of para-hydroxylation sites is 1. The molecule has 1 fully saturated rings. The monoisotopic (exact) mass is 406 g/mol. The van der Waals surface area contributed by atoms with E-state index in [4.69, 9.17) is 12.2 Å². The first-order valence-electron chi connectivity index (χ1n) is 9.40. The standard InChI is InChI=1S/C23H22N2OS2/c1-16(2)13-25-22(26)21(28-23(25)27)12-18-15-24(14-17-8-4-3-5-9-17)20-11-7-6-10-19(18)20/h3-12,15-16H,13-14H2,1-2H3. The second kappa shape index (κ2) is 7.94. The van der Waals surface area contributed by atoms with Gasteiger partial charge in [0.2, 0.25) is 0 Å². The molecule has 1 aliphatic rings. The van der Waals surface area contributed by atoms with Crippen LogP contribution in [-0.4, -0.2) is 26.2 Å². The van der Waals surface area contributed by atoms with E-state index in [0.29, 0.717) is 21.7 Å². The summed E-state index contributed by atoms with van der Waals surface area (Å²) in [6, 6.07) is 18.7. The van der Waals surface area contributed by atoms with Crippen LogP contribution in [0.1, 0.15) is 25.0 Å². The first-order chi connectivity index (χ1) is 13.5. The Labute approximate surface area is 175 Å². The van der Waals surface area contributed by atoms with Gasteiger partial charge in [0.15, 0.2) is 0 Å². The summed E-state index contributed by atoms with van der Waals surface area (Å²) in [5.41, 5.74) is 3.46. The summed E-state index contributed by atoms with van der Waals surface area (Å²) in [5.74, 6) is 0.401. The molecule has 0 spiro atoms. The quantitative estimate of drug-likeness (QED) is 0.410. The minimum atomic E-state index is 0.0172. The Morgan fingerprint density at radius 1 is 1.07 bits per heavy atom. The van der Waals surface area contributed by atoms with Crippen LogP contribution in [0.4, 0.5) is 0 Å². The van der Waals surface area contributed by atoms with E-state index in [1.165, 1.54) is 17.3 Å². The summed E-state index contributed by atoms with van der Waals surface area (Å²) in [4.78, 5) is 15.3. The molecule has 0 radical (unpaired) electrons. The van der Waals surface area contributed by atoms with E-state index in [9.17, 15) is 4.79 Å². The van der Waals surface area contributed by atoms with E-state index in [2.05, 4.69) is 67.1 Å². The molecule has 2 aromatic carbocycles. The molecule has 1 amide bonds. The van der Waals surface area contributed by atoms with Gasteiger partial charge < -0.3 is 4.57 Å².